The Morgan fingerprint density at radius 1 is 1.40 bits per heavy atom. The van der Waals surface area contributed by atoms with Crippen molar-refractivity contribution in [2.75, 3.05) is 18.1 Å². The van der Waals surface area contributed by atoms with Crippen molar-refractivity contribution in [2.45, 2.75) is 19.4 Å². The van der Waals surface area contributed by atoms with E-state index in [2.05, 4.69) is 17.0 Å². The van der Waals surface area contributed by atoms with Gasteiger partial charge in [0.2, 0.25) is 0 Å². The minimum Gasteiger partial charge on any atom is -0.347 e. The second-order valence-corrected chi connectivity index (χ2v) is 8.51. The summed E-state index contributed by atoms with van der Waals surface area (Å²) < 4.78 is 25.4. The number of sulfone groups is 1. The molecule has 1 saturated heterocycles. The summed E-state index contributed by atoms with van der Waals surface area (Å²) in [6.45, 7) is 5.93. The molecule has 0 saturated carbocycles. The predicted octanol–water partition coefficient (Wildman–Crippen LogP) is 2.13. The number of carbonyl (C=O) groups excluding carboxylic acids is 1. The molecule has 0 spiro atoms. The van der Waals surface area contributed by atoms with Crippen LogP contribution in [0.15, 0.2) is 43.0 Å². The average Bonchev–Trinajstić information content (AvgIpc) is 3.16. The predicted molar refractivity (Wildman–Crippen MR) is 97.2 cm³/mol. The molecule has 1 amide bonds. The highest BCUT2D eigenvalue weighted by molar-refractivity contribution is 7.91. The van der Waals surface area contributed by atoms with Gasteiger partial charge in [-0.3, -0.25) is 9.48 Å². The molecule has 2 heterocycles. The average molecular weight is 359 g/mol. The van der Waals surface area contributed by atoms with E-state index in [1.807, 2.05) is 31.2 Å². The lowest BCUT2D eigenvalue weighted by molar-refractivity contribution is 0.0952. The maximum absolute atomic E-state index is 12.2. The van der Waals surface area contributed by atoms with E-state index in [9.17, 15) is 13.2 Å². The number of aryl methyl sites for hydroxylation is 1. The van der Waals surface area contributed by atoms with Crippen LogP contribution >= 0.6 is 0 Å². The molecule has 0 unspecified atom stereocenters. The van der Waals surface area contributed by atoms with Crippen LogP contribution in [0.3, 0.4) is 0 Å². The number of nitrogens with zero attached hydrogens (tertiary/aromatic N) is 2. The zero-order valence-corrected chi connectivity index (χ0v) is 14.9. The SMILES string of the molecule is C=CCNC(=O)c1cc(-c2ccc(C)cc2)n([C@H]2CCS(=O)(=O)C2)n1. The van der Waals surface area contributed by atoms with Crippen molar-refractivity contribution < 1.29 is 13.2 Å². The lowest BCUT2D eigenvalue weighted by Crippen LogP contribution is -2.24. The second-order valence-electron chi connectivity index (χ2n) is 6.28. The minimum absolute atomic E-state index is 0.0568. The molecule has 25 heavy (non-hydrogen) atoms. The number of aromatic nitrogens is 2. The van der Waals surface area contributed by atoms with Crippen LogP contribution in [0.4, 0.5) is 0 Å². The summed E-state index contributed by atoms with van der Waals surface area (Å²) >= 11 is 0. The third-order valence-electron chi connectivity index (χ3n) is 4.28. The van der Waals surface area contributed by atoms with Gasteiger partial charge in [-0.1, -0.05) is 35.9 Å². The number of hydrogen-bond acceptors (Lipinski definition) is 4. The van der Waals surface area contributed by atoms with Crippen LogP contribution < -0.4 is 5.32 Å². The molecule has 1 atom stereocenters. The van der Waals surface area contributed by atoms with Crippen LogP contribution in [0.25, 0.3) is 11.3 Å². The second kappa shape index (κ2) is 6.84. The number of rotatable bonds is 5. The van der Waals surface area contributed by atoms with Gasteiger partial charge in [-0.2, -0.15) is 5.10 Å². The van der Waals surface area contributed by atoms with Gasteiger partial charge in [0.05, 0.1) is 23.2 Å². The zero-order chi connectivity index (χ0) is 18.0. The monoisotopic (exact) mass is 359 g/mol. The molecule has 132 valence electrons. The van der Waals surface area contributed by atoms with E-state index in [4.69, 9.17) is 0 Å². The van der Waals surface area contributed by atoms with Gasteiger partial charge in [0, 0.05) is 6.54 Å². The molecule has 0 radical (unpaired) electrons. The first kappa shape index (κ1) is 17.4. The summed E-state index contributed by atoms with van der Waals surface area (Å²) in [7, 11) is -3.05. The Balaban J connectivity index is 2.01. The van der Waals surface area contributed by atoms with E-state index in [0.717, 1.165) is 16.8 Å². The van der Waals surface area contributed by atoms with Gasteiger partial charge in [-0.05, 0) is 25.0 Å². The molecule has 1 aliphatic rings. The molecule has 2 aromatic rings. The topological polar surface area (TPSA) is 81.1 Å². The molecule has 3 rings (SSSR count). The van der Waals surface area contributed by atoms with Crippen molar-refractivity contribution in [2.24, 2.45) is 0 Å². The lowest BCUT2D eigenvalue weighted by atomic mass is 10.1. The smallest absolute Gasteiger partial charge is 0.272 e. The summed E-state index contributed by atoms with van der Waals surface area (Å²) in [5.41, 5.74) is 3.07. The fourth-order valence-electron chi connectivity index (χ4n) is 2.95. The molecule has 1 aromatic heterocycles. The molecular weight excluding hydrogens is 338 g/mol. The van der Waals surface area contributed by atoms with E-state index in [0.29, 0.717) is 13.0 Å². The molecule has 1 N–H and O–H groups in total. The lowest BCUT2D eigenvalue weighted by Gasteiger charge is -2.13. The Kier molecular flexibility index (Phi) is 4.76. The Bertz CT molecular complexity index is 898. The summed E-state index contributed by atoms with van der Waals surface area (Å²) in [5, 5.41) is 7.12. The van der Waals surface area contributed by atoms with E-state index in [-0.39, 0.29) is 29.1 Å². The standard InChI is InChI=1S/C18H21N3O3S/c1-3-9-19-18(22)16-11-17(14-6-4-13(2)5-7-14)21(20-16)15-8-10-25(23,24)12-15/h3-7,11,15H,1,8-10,12H2,2H3,(H,19,22)/t15-/m0/s1. The maximum Gasteiger partial charge on any atom is 0.272 e. The molecule has 0 bridgehead atoms. The van der Waals surface area contributed by atoms with Crippen molar-refractivity contribution in [3.63, 3.8) is 0 Å². The minimum atomic E-state index is -3.05. The van der Waals surface area contributed by atoms with Crippen molar-refractivity contribution in [3.8, 4) is 11.3 Å². The Morgan fingerprint density at radius 3 is 2.72 bits per heavy atom. The largest absolute Gasteiger partial charge is 0.347 e. The number of benzene rings is 1. The van der Waals surface area contributed by atoms with Gasteiger partial charge < -0.3 is 5.32 Å². The Morgan fingerprint density at radius 2 is 2.12 bits per heavy atom. The molecule has 7 heteroatoms. The first-order chi connectivity index (χ1) is 11.9. The molecule has 1 aliphatic heterocycles. The van der Waals surface area contributed by atoms with Crippen molar-refractivity contribution in [1.29, 1.82) is 0 Å². The van der Waals surface area contributed by atoms with Gasteiger partial charge in [0.1, 0.15) is 0 Å². The summed E-state index contributed by atoms with van der Waals surface area (Å²) in [4.78, 5) is 12.2. The highest BCUT2D eigenvalue weighted by atomic mass is 32.2. The zero-order valence-electron chi connectivity index (χ0n) is 14.1. The molecule has 1 fully saturated rings. The summed E-state index contributed by atoms with van der Waals surface area (Å²) in [5.74, 6) is -0.0859. The fourth-order valence-corrected chi connectivity index (χ4v) is 4.64. The molecular formula is C18H21N3O3S. The molecule has 0 aliphatic carbocycles. The van der Waals surface area contributed by atoms with Crippen LogP contribution in [-0.4, -0.2) is 42.2 Å². The number of nitrogens with one attached hydrogen (secondary N) is 1. The highest BCUT2D eigenvalue weighted by Gasteiger charge is 2.32. The number of amides is 1. The van der Waals surface area contributed by atoms with E-state index in [1.54, 1.807) is 16.8 Å². The third-order valence-corrected chi connectivity index (χ3v) is 6.03. The molecule has 6 nitrogen and oxygen atoms in total. The Labute approximate surface area is 147 Å². The van der Waals surface area contributed by atoms with Crippen LogP contribution in [0.1, 0.15) is 28.5 Å². The normalized spacial score (nSPS) is 18.8. The van der Waals surface area contributed by atoms with Crippen molar-refractivity contribution in [3.05, 3.63) is 54.2 Å². The van der Waals surface area contributed by atoms with Crippen molar-refractivity contribution in [1.82, 2.24) is 15.1 Å². The van der Waals surface area contributed by atoms with Gasteiger partial charge in [0.15, 0.2) is 15.5 Å². The first-order valence-corrected chi connectivity index (χ1v) is 9.98. The van der Waals surface area contributed by atoms with Gasteiger partial charge in [-0.25, -0.2) is 8.42 Å². The van der Waals surface area contributed by atoms with E-state index in [1.165, 1.54) is 0 Å². The first-order valence-electron chi connectivity index (χ1n) is 8.16. The van der Waals surface area contributed by atoms with Crippen LogP contribution in [0, 0.1) is 6.92 Å². The number of carbonyl (C=O) groups is 1. The van der Waals surface area contributed by atoms with Gasteiger partial charge >= 0.3 is 0 Å². The van der Waals surface area contributed by atoms with Gasteiger partial charge in [0.25, 0.3) is 5.91 Å². The van der Waals surface area contributed by atoms with E-state index < -0.39 is 9.84 Å². The van der Waals surface area contributed by atoms with Gasteiger partial charge in [-0.15, -0.1) is 6.58 Å². The molecule has 1 aromatic carbocycles. The van der Waals surface area contributed by atoms with E-state index >= 15 is 0 Å². The van der Waals surface area contributed by atoms with Crippen LogP contribution in [-0.2, 0) is 9.84 Å². The maximum atomic E-state index is 12.2. The Hall–Kier alpha value is -2.41. The quantitative estimate of drug-likeness (QED) is 0.829. The van der Waals surface area contributed by atoms with Crippen LogP contribution in [0.2, 0.25) is 0 Å². The number of hydrogen-bond donors (Lipinski definition) is 1. The fraction of sp³-hybridized carbons (Fsp3) is 0.333. The van der Waals surface area contributed by atoms with Crippen molar-refractivity contribution >= 4 is 15.7 Å². The summed E-state index contributed by atoms with van der Waals surface area (Å²) in [6.07, 6.45) is 2.11. The summed E-state index contributed by atoms with van der Waals surface area (Å²) in [6, 6.07) is 9.34. The highest BCUT2D eigenvalue weighted by Crippen LogP contribution is 2.30. The third kappa shape index (κ3) is 3.82. The van der Waals surface area contributed by atoms with Crippen LogP contribution in [0.5, 0.6) is 0 Å².